The summed E-state index contributed by atoms with van der Waals surface area (Å²) < 4.78 is 22.6. The molecular weight excluding hydrogens is 296 g/mol. The smallest absolute Gasteiger partial charge is 0.261 e. The molecule has 0 saturated carbocycles. The van der Waals surface area contributed by atoms with E-state index >= 15 is 0 Å². The van der Waals surface area contributed by atoms with Crippen LogP contribution in [0.5, 0.6) is 0 Å². The van der Waals surface area contributed by atoms with Crippen LogP contribution in [0.15, 0.2) is 53.4 Å². The molecule has 6 heteroatoms. The molecular formula is C14H13ClN2O2S. The third kappa shape index (κ3) is 2.69. The first-order valence-electron chi connectivity index (χ1n) is 5.54. The van der Waals surface area contributed by atoms with Gasteiger partial charge in [-0.25, -0.2) is 13.4 Å². The van der Waals surface area contributed by atoms with Crippen molar-refractivity contribution in [3.05, 3.63) is 48.5 Å². The maximum Gasteiger partial charge on any atom is 0.261 e. The first kappa shape index (κ1) is 14.6. The highest BCUT2D eigenvalue weighted by atomic mass is 35.7. The fraction of sp³-hybridized carbons (Fsp3) is 0.0714. The molecule has 1 heterocycles. The van der Waals surface area contributed by atoms with Gasteiger partial charge in [0.25, 0.3) is 9.05 Å². The van der Waals surface area contributed by atoms with Gasteiger partial charge in [0.05, 0.1) is 15.9 Å². The van der Waals surface area contributed by atoms with E-state index in [1.165, 1.54) is 12.1 Å². The van der Waals surface area contributed by atoms with Gasteiger partial charge in [0.2, 0.25) is 0 Å². The normalized spacial score (nSPS) is 11.2. The lowest BCUT2D eigenvalue weighted by molar-refractivity contribution is 0.609. The number of halogens is 1. The van der Waals surface area contributed by atoms with E-state index in [0.717, 1.165) is 5.56 Å². The average molecular weight is 309 g/mol. The highest BCUT2D eigenvalue weighted by Gasteiger charge is 2.12. The Kier molecular flexibility index (Phi) is 3.83. The summed E-state index contributed by atoms with van der Waals surface area (Å²) in [5, 5.41) is 0. The lowest BCUT2D eigenvalue weighted by Crippen LogP contribution is -1.89. The van der Waals surface area contributed by atoms with Gasteiger partial charge in [0.15, 0.2) is 0 Å². The largest absolute Gasteiger partial charge is 0.338 e. The molecule has 1 aromatic heterocycles. The predicted molar refractivity (Wildman–Crippen MR) is 81.3 cm³/mol. The zero-order valence-corrected chi connectivity index (χ0v) is 11.2. The highest BCUT2D eigenvalue weighted by Crippen LogP contribution is 2.23. The SMILES string of the molecule is C.O=S(=O)(Cl)c1ccc2nc(-c3ccccc3)[nH]c2c1. The number of hydrogen-bond donors (Lipinski definition) is 1. The predicted octanol–water partition coefficient (Wildman–Crippen LogP) is 3.79. The van der Waals surface area contributed by atoms with E-state index in [-0.39, 0.29) is 12.3 Å². The Hall–Kier alpha value is -1.85. The highest BCUT2D eigenvalue weighted by molar-refractivity contribution is 8.13. The molecule has 1 N–H and O–H groups in total. The molecule has 0 bridgehead atoms. The van der Waals surface area contributed by atoms with Gasteiger partial charge in [-0.1, -0.05) is 37.8 Å². The van der Waals surface area contributed by atoms with Crippen LogP contribution in [0.3, 0.4) is 0 Å². The van der Waals surface area contributed by atoms with Crippen LogP contribution in [-0.4, -0.2) is 18.4 Å². The van der Waals surface area contributed by atoms with E-state index in [1.807, 2.05) is 30.3 Å². The zero-order chi connectivity index (χ0) is 13.5. The fourth-order valence-electron chi connectivity index (χ4n) is 1.87. The van der Waals surface area contributed by atoms with Gasteiger partial charge in [-0.05, 0) is 18.2 Å². The Bertz CT molecular complexity index is 842. The minimum absolute atomic E-state index is 0. The van der Waals surface area contributed by atoms with Gasteiger partial charge in [-0.3, -0.25) is 0 Å². The molecule has 0 fully saturated rings. The number of benzene rings is 2. The van der Waals surface area contributed by atoms with E-state index in [9.17, 15) is 8.42 Å². The van der Waals surface area contributed by atoms with Crippen molar-refractivity contribution in [1.82, 2.24) is 9.97 Å². The van der Waals surface area contributed by atoms with E-state index in [0.29, 0.717) is 16.9 Å². The lowest BCUT2D eigenvalue weighted by Gasteiger charge is -1.94. The van der Waals surface area contributed by atoms with Crippen LogP contribution in [0.1, 0.15) is 7.43 Å². The minimum Gasteiger partial charge on any atom is -0.338 e. The molecule has 0 aliphatic rings. The second-order valence-electron chi connectivity index (χ2n) is 4.07. The summed E-state index contributed by atoms with van der Waals surface area (Å²) in [7, 11) is 1.60. The van der Waals surface area contributed by atoms with Crippen LogP contribution in [-0.2, 0) is 9.05 Å². The summed E-state index contributed by atoms with van der Waals surface area (Å²) in [5.74, 6) is 0.694. The second kappa shape index (κ2) is 5.26. The lowest BCUT2D eigenvalue weighted by atomic mass is 10.2. The van der Waals surface area contributed by atoms with Gasteiger partial charge in [-0.2, -0.15) is 0 Å². The molecule has 20 heavy (non-hydrogen) atoms. The Morgan fingerprint density at radius 3 is 2.40 bits per heavy atom. The van der Waals surface area contributed by atoms with Gasteiger partial charge >= 0.3 is 0 Å². The summed E-state index contributed by atoms with van der Waals surface area (Å²) in [6, 6.07) is 14.2. The van der Waals surface area contributed by atoms with Crippen LogP contribution < -0.4 is 0 Å². The summed E-state index contributed by atoms with van der Waals surface area (Å²) in [6.07, 6.45) is 0. The molecule has 4 nitrogen and oxygen atoms in total. The van der Waals surface area contributed by atoms with E-state index in [4.69, 9.17) is 10.7 Å². The van der Waals surface area contributed by atoms with Crippen molar-refractivity contribution < 1.29 is 8.42 Å². The third-order valence-electron chi connectivity index (χ3n) is 2.78. The summed E-state index contributed by atoms with van der Waals surface area (Å²) >= 11 is 0. The van der Waals surface area contributed by atoms with Crippen molar-refractivity contribution in [1.29, 1.82) is 0 Å². The Labute approximate surface area is 121 Å². The number of aromatic amines is 1. The number of nitrogens with one attached hydrogen (secondary N) is 1. The summed E-state index contributed by atoms with van der Waals surface area (Å²) in [6.45, 7) is 0. The molecule has 3 rings (SSSR count). The molecule has 0 unspecified atom stereocenters. The maximum absolute atomic E-state index is 11.3. The van der Waals surface area contributed by atoms with Crippen LogP contribution in [0.4, 0.5) is 0 Å². The standard InChI is InChI=1S/C13H9ClN2O2S.CH4/c14-19(17,18)10-6-7-11-12(8-10)16-13(15-11)9-4-2-1-3-5-9;/h1-8H,(H,15,16);1H4. The Morgan fingerprint density at radius 2 is 1.75 bits per heavy atom. The van der Waals surface area contributed by atoms with Crippen molar-refractivity contribution in [2.75, 3.05) is 0 Å². The molecule has 0 atom stereocenters. The zero-order valence-electron chi connectivity index (χ0n) is 9.67. The quantitative estimate of drug-likeness (QED) is 0.733. The van der Waals surface area contributed by atoms with Crippen molar-refractivity contribution in [2.45, 2.75) is 12.3 Å². The van der Waals surface area contributed by atoms with E-state index < -0.39 is 9.05 Å². The maximum atomic E-state index is 11.3. The van der Waals surface area contributed by atoms with Gasteiger partial charge in [-0.15, -0.1) is 0 Å². The van der Waals surface area contributed by atoms with Crippen molar-refractivity contribution >= 4 is 30.8 Å². The van der Waals surface area contributed by atoms with E-state index in [2.05, 4.69) is 9.97 Å². The van der Waals surface area contributed by atoms with Crippen molar-refractivity contribution in [3.63, 3.8) is 0 Å². The molecule has 0 amide bonds. The molecule has 0 aliphatic heterocycles. The number of rotatable bonds is 2. The minimum atomic E-state index is -3.73. The van der Waals surface area contributed by atoms with Gasteiger partial charge in [0.1, 0.15) is 5.82 Å². The van der Waals surface area contributed by atoms with Crippen LogP contribution in [0.25, 0.3) is 22.4 Å². The molecule has 0 radical (unpaired) electrons. The van der Waals surface area contributed by atoms with E-state index in [1.54, 1.807) is 6.07 Å². The number of hydrogen-bond acceptors (Lipinski definition) is 3. The first-order chi connectivity index (χ1) is 9.04. The Balaban J connectivity index is 0.00000147. The van der Waals surface area contributed by atoms with Crippen molar-refractivity contribution in [3.8, 4) is 11.4 Å². The molecule has 3 aromatic rings. The molecule has 0 saturated heterocycles. The van der Waals surface area contributed by atoms with Crippen LogP contribution in [0, 0.1) is 0 Å². The van der Waals surface area contributed by atoms with Crippen LogP contribution >= 0.6 is 10.7 Å². The molecule has 104 valence electrons. The molecule has 0 aliphatic carbocycles. The monoisotopic (exact) mass is 308 g/mol. The topological polar surface area (TPSA) is 62.8 Å². The number of imidazole rings is 1. The first-order valence-corrected chi connectivity index (χ1v) is 7.85. The number of fused-ring (bicyclic) bond motifs is 1. The van der Waals surface area contributed by atoms with Gasteiger partial charge < -0.3 is 4.98 Å². The summed E-state index contributed by atoms with van der Waals surface area (Å²) in [5.41, 5.74) is 2.28. The third-order valence-corrected chi connectivity index (χ3v) is 4.13. The second-order valence-corrected chi connectivity index (χ2v) is 6.63. The number of H-pyrrole nitrogens is 1. The summed E-state index contributed by atoms with van der Waals surface area (Å²) in [4.78, 5) is 7.56. The number of nitrogens with zero attached hydrogens (tertiary/aromatic N) is 1. The average Bonchev–Trinajstić information content (AvgIpc) is 2.81. The van der Waals surface area contributed by atoms with Crippen LogP contribution in [0.2, 0.25) is 0 Å². The molecule has 2 aromatic carbocycles. The van der Waals surface area contributed by atoms with Crippen molar-refractivity contribution in [2.24, 2.45) is 0 Å². The Morgan fingerprint density at radius 1 is 1.05 bits per heavy atom. The number of aromatic nitrogens is 2. The molecule has 0 spiro atoms. The van der Waals surface area contributed by atoms with Gasteiger partial charge in [0, 0.05) is 16.2 Å². The fourth-order valence-corrected chi connectivity index (χ4v) is 2.65.